The minimum Gasteiger partial charge on any atom is -0.454 e. The normalized spacial score (nSPS) is 15.3. The average Bonchev–Trinajstić information content (AvgIpc) is 2.83. The van der Waals surface area contributed by atoms with Gasteiger partial charge in [0.2, 0.25) is 6.79 Å². The zero-order valence-corrected chi connectivity index (χ0v) is 9.27. The van der Waals surface area contributed by atoms with Gasteiger partial charge >= 0.3 is 0 Å². The Morgan fingerprint density at radius 1 is 0.941 bits per heavy atom. The lowest BCUT2D eigenvalue weighted by atomic mass is 9.86. The molecular formula is C14H11NO2. The second-order valence-corrected chi connectivity index (χ2v) is 4.40. The number of fused-ring (bicyclic) bond motifs is 4. The molecule has 2 aromatic rings. The van der Waals surface area contributed by atoms with Crippen molar-refractivity contribution in [3.8, 4) is 22.6 Å². The van der Waals surface area contributed by atoms with Gasteiger partial charge in [0.1, 0.15) is 0 Å². The Kier molecular flexibility index (Phi) is 1.72. The van der Waals surface area contributed by atoms with E-state index in [1.807, 2.05) is 12.4 Å². The summed E-state index contributed by atoms with van der Waals surface area (Å²) in [6.07, 6.45) is 5.90. The van der Waals surface area contributed by atoms with Gasteiger partial charge in [-0.05, 0) is 53.3 Å². The van der Waals surface area contributed by atoms with Crippen LogP contribution in [0.2, 0.25) is 0 Å². The predicted molar refractivity (Wildman–Crippen MR) is 63.2 cm³/mol. The van der Waals surface area contributed by atoms with E-state index in [0.29, 0.717) is 6.79 Å². The first-order valence-corrected chi connectivity index (χ1v) is 5.77. The SMILES string of the molecule is c1cc2c(cn1)CCc1cc3c(cc1-2)OCO3. The van der Waals surface area contributed by atoms with Crippen LogP contribution in [-0.2, 0) is 12.8 Å². The second kappa shape index (κ2) is 3.23. The number of aryl methyl sites for hydroxylation is 2. The molecule has 0 amide bonds. The fraction of sp³-hybridized carbons (Fsp3) is 0.214. The van der Waals surface area contributed by atoms with Crippen LogP contribution in [0.4, 0.5) is 0 Å². The molecule has 0 fully saturated rings. The van der Waals surface area contributed by atoms with Gasteiger partial charge in [-0.25, -0.2) is 0 Å². The van der Waals surface area contributed by atoms with E-state index in [9.17, 15) is 0 Å². The molecule has 0 bridgehead atoms. The van der Waals surface area contributed by atoms with Crippen molar-refractivity contribution in [2.24, 2.45) is 0 Å². The molecule has 0 saturated heterocycles. The van der Waals surface area contributed by atoms with Gasteiger partial charge in [0, 0.05) is 12.4 Å². The van der Waals surface area contributed by atoms with Gasteiger partial charge in [-0.15, -0.1) is 0 Å². The summed E-state index contributed by atoms with van der Waals surface area (Å²) in [6, 6.07) is 6.28. The van der Waals surface area contributed by atoms with Gasteiger partial charge in [-0.2, -0.15) is 0 Å². The topological polar surface area (TPSA) is 31.4 Å². The summed E-state index contributed by atoms with van der Waals surface area (Å²) < 4.78 is 10.9. The Bertz CT molecular complexity index is 607. The number of benzene rings is 1. The van der Waals surface area contributed by atoms with Gasteiger partial charge in [0.25, 0.3) is 0 Å². The maximum atomic E-state index is 5.44. The highest BCUT2D eigenvalue weighted by molar-refractivity contribution is 5.75. The van der Waals surface area contributed by atoms with Gasteiger partial charge in [-0.1, -0.05) is 0 Å². The van der Waals surface area contributed by atoms with E-state index in [1.54, 1.807) is 0 Å². The average molecular weight is 225 g/mol. The molecule has 0 radical (unpaired) electrons. The fourth-order valence-electron chi connectivity index (χ4n) is 2.60. The number of ether oxygens (including phenoxy) is 2. The van der Waals surface area contributed by atoms with Gasteiger partial charge in [-0.3, -0.25) is 4.98 Å². The van der Waals surface area contributed by atoms with E-state index in [-0.39, 0.29) is 0 Å². The van der Waals surface area contributed by atoms with Crippen LogP contribution in [0.3, 0.4) is 0 Å². The second-order valence-electron chi connectivity index (χ2n) is 4.40. The van der Waals surface area contributed by atoms with E-state index in [4.69, 9.17) is 9.47 Å². The van der Waals surface area contributed by atoms with Crippen molar-refractivity contribution in [3.05, 3.63) is 41.7 Å². The Labute approximate surface area is 99.0 Å². The molecular weight excluding hydrogens is 214 g/mol. The first-order valence-electron chi connectivity index (χ1n) is 5.77. The zero-order chi connectivity index (χ0) is 11.2. The summed E-state index contributed by atoms with van der Waals surface area (Å²) in [7, 11) is 0. The molecule has 1 aliphatic carbocycles. The van der Waals surface area contributed by atoms with Crippen LogP contribution in [0.25, 0.3) is 11.1 Å². The van der Waals surface area contributed by atoms with Crippen LogP contribution >= 0.6 is 0 Å². The molecule has 2 heterocycles. The Balaban J connectivity index is 1.98. The zero-order valence-electron chi connectivity index (χ0n) is 9.27. The molecule has 0 spiro atoms. The molecule has 3 nitrogen and oxygen atoms in total. The molecule has 3 heteroatoms. The number of rotatable bonds is 0. The smallest absolute Gasteiger partial charge is 0.231 e. The van der Waals surface area contributed by atoms with Crippen molar-refractivity contribution in [3.63, 3.8) is 0 Å². The molecule has 17 heavy (non-hydrogen) atoms. The predicted octanol–water partition coefficient (Wildman–Crippen LogP) is 2.58. The van der Waals surface area contributed by atoms with Crippen LogP contribution in [0.5, 0.6) is 11.5 Å². The van der Waals surface area contributed by atoms with Crippen molar-refractivity contribution in [2.45, 2.75) is 12.8 Å². The summed E-state index contributed by atoms with van der Waals surface area (Å²) >= 11 is 0. The monoisotopic (exact) mass is 225 g/mol. The maximum absolute atomic E-state index is 5.44. The third kappa shape index (κ3) is 1.25. The molecule has 1 aromatic heterocycles. The van der Waals surface area contributed by atoms with E-state index < -0.39 is 0 Å². The third-order valence-corrected chi connectivity index (χ3v) is 3.46. The maximum Gasteiger partial charge on any atom is 0.231 e. The van der Waals surface area contributed by atoms with Crippen molar-refractivity contribution in [2.75, 3.05) is 6.79 Å². The standard InChI is InChI=1S/C14H11NO2/c1-2-10-7-15-4-3-11(10)12-6-14-13(5-9(1)12)16-8-17-14/h3-7H,1-2,8H2. The van der Waals surface area contributed by atoms with E-state index in [2.05, 4.69) is 23.2 Å². The molecule has 0 atom stereocenters. The van der Waals surface area contributed by atoms with Crippen LogP contribution in [0.15, 0.2) is 30.6 Å². The van der Waals surface area contributed by atoms with Crippen molar-refractivity contribution >= 4 is 0 Å². The molecule has 1 aliphatic heterocycles. The highest BCUT2D eigenvalue weighted by Gasteiger charge is 2.22. The van der Waals surface area contributed by atoms with Crippen molar-refractivity contribution < 1.29 is 9.47 Å². The molecule has 1 aromatic carbocycles. The van der Waals surface area contributed by atoms with Crippen LogP contribution < -0.4 is 9.47 Å². The van der Waals surface area contributed by atoms with Crippen LogP contribution in [0.1, 0.15) is 11.1 Å². The largest absolute Gasteiger partial charge is 0.454 e. The minimum absolute atomic E-state index is 0.335. The van der Waals surface area contributed by atoms with Gasteiger partial charge < -0.3 is 9.47 Å². The van der Waals surface area contributed by atoms with Gasteiger partial charge in [0.05, 0.1) is 0 Å². The summed E-state index contributed by atoms with van der Waals surface area (Å²) in [5.41, 5.74) is 5.20. The lowest BCUT2D eigenvalue weighted by molar-refractivity contribution is 0.174. The Hall–Kier alpha value is -2.03. The van der Waals surface area contributed by atoms with E-state index in [0.717, 1.165) is 24.3 Å². The summed E-state index contributed by atoms with van der Waals surface area (Å²) in [5.74, 6) is 1.73. The Morgan fingerprint density at radius 3 is 2.71 bits per heavy atom. The molecule has 0 saturated carbocycles. The van der Waals surface area contributed by atoms with Gasteiger partial charge in [0.15, 0.2) is 11.5 Å². The molecule has 0 N–H and O–H groups in total. The van der Waals surface area contributed by atoms with E-state index >= 15 is 0 Å². The number of nitrogens with zero attached hydrogens (tertiary/aromatic N) is 1. The number of pyridine rings is 1. The first-order chi connectivity index (χ1) is 8.42. The first kappa shape index (κ1) is 9.05. The van der Waals surface area contributed by atoms with Crippen LogP contribution in [0, 0.1) is 0 Å². The minimum atomic E-state index is 0.335. The van der Waals surface area contributed by atoms with Crippen molar-refractivity contribution in [1.29, 1.82) is 0 Å². The quantitative estimate of drug-likeness (QED) is 0.690. The summed E-state index contributed by atoms with van der Waals surface area (Å²) in [6.45, 7) is 0.335. The number of hydrogen-bond acceptors (Lipinski definition) is 3. The summed E-state index contributed by atoms with van der Waals surface area (Å²) in [4.78, 5) is 4.19. The van der Waals surface area contributed by atoms with Crippen molar-refractivity contribution in [1.82, 2.24) is 4.98 Å². The summed E-state index contributed by atoms with van der Waals surface area (Å²) in [5, 5.41) is 0. The molecule has 2 aliphatic rings. The lowest BCUT2D eigenvalue weighted by Gasteiger charge is -2.19. The number of aromatic nitrogens is 1. The van der Waals surface area contributed by atoms with E-state index in [1.165, 1.54) is 22.3 Å². The fourth-order valence-corrected chi connectivity index (χ4v) is 2.60. The molecule has 0 unspecified atom stereocenters. The highest BCUT2D eigenvalue weighted by Crippen LogP contribution is 2.42. The van der Waals surface area contributed by atoms with Crippen LogP contribution in [-0.4, -0.2) is 11.8 Å². The highest BCUT2D eigenvalue weighted by atomic mass is 16.7. The third-order valence-electron chi connectivity index (χ3n) is 3.46. The lowest BCUT2D eigenvalue weighted by Crippen LogP contribution is -2.04. The Morgan fingerprint density at radius 2 is 1.76 bits per heavy atom. The molecule has 84 valence electrons. The molecule has 4 rings (SSSR count). The number of hydrogen-bond donors (Lipinski definition) is 0.